The van der Waals surface area contributed by atoms with Crippen molar-refractivity contribution in [1.29, 1.82) is 0 Å². The summed E-state index contributed by atoms with van der Waals surface area (Å²) in [5.74, 6) is -1.19. The van der Waals surface area contributed by atoms with Gasteiger partial charge in [0.25, 0.3) is 0 Å². The molecular weight excluding hydrogens is 257 g/mol. The number of H-pyrrole nitrogens is 1. The molecular formula is C16H18FNO2. The van der Waals surface area contributed by atoms with Gasteiger partial charge in [-0.1, -0.05) is 19.3 Å². The van der Waals surface area contributed by atoms with Gasteiger partial charge < -0.3 is 10.1 Å². The first kappa shape index (κ1) is 13.2. The zero-order chi connectivity index (χ0) is 14.3. The van der Waals surface area contributed by atoms with Gasteiger partial charge in [0.2, 0.25) is 0 Å². The number of aliphatic carboxylic acids is 1. The maximum Gasteiger partial charge on any atom is 0.314 e. The fourth-order valence-electron chi connectivity index (χ4n) is 3.38. The predicted molar refractivity (Wildman–Crippen MR) is 75.4 cm³/mol. The Hall–Kier alpha value is -1.84. The van der Waals surface area contributed by atoms with Crippen molar-refractivity contribution in [3.05, 3.63) is 35.3 Å². The van der Waals surface area contributed by atoms with Gasteiger partial charge in [-0.25, -0.2) is 4.39 Å². The molecule has 4 heteroatoms. The monoisotopic (exact) mass is 275 g/mol. The Morgan fingerprint density at radius 3 is 2.65 bits per heavy atom. The van der Waals surface area contributed by atoms with Crippen LogP contribution in [0.15, 0.2) is 18.3 Å². The molecule has 1 aromatic heterocycles. The van der Waals surface area contributed by atoms with E-state index in [9.17, 15) is 14.3 Å². The number of halogens is 1. The van der Waals surface area contributed by atoms with E-state index in [0.29, 0.717) is 23.9 Å². The van der Waals surface area contributed by atoms with Crippen molar-refractivity contribution in [2.45, 2.75) is 44.4 Å². The molecule has 0 bridgehead atoms. The number of carbonyl (C=O) groups is 1. The van der Waals surface area contributed by atoms with Crippen molar-refractivity contribution in [3.8, 4) is 0 Å². The Labute approximate surface area is 116 Å². The van der Waals surface area contributed by atoms with Crippen molar-refractivity contribution >= 4 is 16.9 Å². The molecule has 1 heterocycles. The molecule has 20 heavy (non-hydrogen) atoms. The number of aromatic nitrogens is 1. The number of benzene rings is 1. The lowest BCUT2D eigenvalue weighted by Crippen LogP contribution is -2.37. The average Bonchev–Trinajstić information content (AvgIpc) is 2.82. The van der Waals surface area contributed by atoms with E-state index >= 15 is 0 Å². The Morgan fingerprint density at radius 1 is 1.30 bits per heavy atom. The second-order valence-electron chi connectivity index (χ2n) is 5.80. The molecule has 106 valence electrons. The first-order chi connectivity index (χ1) is 9.54. The van der Waals surface area contributed by atoms with E-state index in [-0.39, 0.29) is 5.82 Å². The van der Waals surface area contributed by atoms with E-state index in [1.54, 1.807) is 6.20 Å². The van der Waals surface area contributed by atoms with Crippen molar-refractivity contribution in [1.82, 2.24) is 4.98 Å². The number of rotatable bonds is 2. The Balaban J connectivity index is 2.21. The van der Waals surface area contributed by atoms with Crippen LogP contribution in [0.25, 0.3) is 10.9 Å². The maximum absolute atomic E-state index is 14.2. The zero-order valence-electron chi connectivity index (χ0n) is 11.5. The zero-order valence-corrected chi connectivity index (χ0v) is 11.5. The second kappa shape index (κ2) is 4.62. The van der Waals surface area contributed by atoms with Crippen LogP contribution >= 0.6 is 0 Å². The van der Waals surface area contributed by atoms with Gasteiger partial charge >= 0.3 is 5.97 Å². The first-order valence-electron chi connectivity index (χ1n) is 7.06. The number of aromatic amines is 1. The summed E-state index contributed by atoms with van der Waals surface area (Å²) in [6.07, 6.45) is 5.78. The van der Waals surface area contributed by atoms with E-state index in [0.717, 1.165) is 30.2 Å². The van der Waals surface area contributed by atoms with Crippen LogP contribution in [-0.2, 0) is 10.2 Å². The third-order valence-corrected chi connectivity index (χ3v) is 4.62. The summed E-state index contributed by atoms with van der Waals surface area (Å²) in [7, 11) is 0. The lowest BCUT2D eigenvalue weighted by atomic mass is 9.69. The molecule has 0 atom stereocenters. The standard InChI is InChI=1S/C16H18FNO2/c1-10-9-18-14-12(10)7-11(8-13(14)17)16(15(19)20)5-3-2-4-6-16/h7-9,18H,2-6H2,1H3,(H,19,20). The number of carboxylic acid groups (broad SMARTS) is 1. The molecule has 1 aromatic carbocycles. The topological polar surface area (TPSA) is 53.1 Å². The quantitative estimate of drug-likeness (QED) is 0.873. The van der Waals surface area contributed by atoms with Gasteiger partial charge in [0.15, 0.2) is 0 Å². The Kier molecular flexibility index (Phi) is 3.04. The highest BCUT2D eigenvalue weighted by molar-refractivity contribution is 5.88. The van der Waals surface area contributed by atoms with Gasteiger partial charge in [-0.3, -0.25) is 4.79 Å². The second-order valence-corrected chi connectivity index (χ2v) is 5.80. The summed E-state index contributed by atoms with van der Waals surface area (Å²) in [6.45, 7) is 1.90. The molecule has 0 spiro atoms. The molecule has 1 aliphatic carbocycles. The summed E-state index contributed by atoms with van der Waals surface area (Å²) >= 11 is 0. The van der Waals surface area contributed by atoms with Gasteiger partial charge in [-0.15, -0.1) is 0 Å². The summed E-state index contributed by atoms with van der Waals surface area (Å²) in [6, 6.07) is 3.25. The number of hydrogen-bond donors (Lipinski definition) is 2. The number of fused-ring (bicyclic) bond motifs is 1. The lowest BCUT2D eigenvalue weighted by molar-refractivity contribution is -0.145. The van der Waals surface area contributed by atoms with E-state index in [2.05, 4.69) is 4.98 Å². The smallest absolute Gasteiger partial charge is 0.314 e. The molecule has 3 rings (SSSR count). The van der Waals surface area contributed by atoms with E-state index in [1.807, 2.05) is 13.0 Å². The molecule has 0 saturated heterocycles. The molecule has 1 fully saturated rings. The third-order valence-electron chi connectivity index (χ3n) is 4.62. The largest absolute Gasteiger partial charge is 0.481 e. The summed E-state index contributed by atoms with van der Waals surface area (Å²) in [4.78, 5) is 14.7. The fraction of sp³-hybridized carbons (Fsp3) is 0.438. The number of nitrogens with one attached hydrogen (secondary N) is 1. The van der Waals surface area contributed by atoms with Crippen LogP contribution in [0.4, 0.5) is 4.39 Å². The van der Waals surface area contributed by atoms with Crippen molar-refractivity contribution in [2.24, 2.45) is 0 Å². The minimum Gasteiger partial charge on any atom is -0.481 e. The van der Waals surface area contributed by atoms with Crippen LogP contribution in [-0.4, -0.2) is 16.1 Å². The molecule has 0 unspecified atom stereocenters. The molecule has 3 nitrogen and oxygen atoms in total. The SMILES string of the molecule is Cc1c[nH]c2c(F)cc(C3(C(=O)O)CCCCC3)cc12. The van der Waals surface area contributed by atoms with Crippen LogP contribution in [0.2, 0.25) is 0 Å². The molecule has 0 amide bonds. The average molecular weight is 275 g/mol. The van der Waals surface area contributed by atoms with Crippen molar-refractivity contribution < 1.29 is 14.3 Å². The Morgan fingerprint density at radius 2 is 2.00 bits per heavy atom. The maximum atomic E-state index is 14.2. The summed E-state index contributed by atoms with van der Waals surface area (Å²) in [5.41, 5.74) is 1.09. The normalized spacial score (nSPS) is 18.3. The molecule has 2 N–H and O–H groups in total. The van der Waals surface area contributed by atoms with Gasteiger partial charge in [0.1, 0.15) is 5.82 Å². The van der Waals surface area contributed by atoms with Crippen LogP contribution in [0, 0.1) is 12.7 Å². The summed E-state index contributed by atoms with van der Waals surface area (Å²) < 4.78 is 14.2. The molecule has 1 aliphatic rings. The van der Waals surface area contributed by atoms with Gasteiger partial charge in [-0.05, 0) is 43.0 Å². The fourth-order valence-corrected chi connectivity index (χ4v) is 3.38. The van der Waals surface area contributed by atoms with E-state index in [4.69, 9.17) is 0 Å². The molecule has 0 aliphatic heterocycles. The number of aryl methyl sites for hydroxylation is 1. The first-order valence-corrected chi connectivity index (χ1v) is 7.06. The Bertz CT molecular complexity index is 668. The van der Waals surface area contributed by atoms with Gasteiger partial charge in [0, 0.05) is 11.6 Å². The highest BCUT2D eigenvalue weighted by Crippen LogP contribution is 2.41. The summed E-state index contributed by atoms with van der Waals surface area (Å²) in [5, 5.41) is 10.5. The van der Waals surface area contributed by atoms with Gasteiger partial charge in [-0.2, -0.15) is 0 Å². The highest BCUT2D eigenvalue weighted by atomic mass is 19.1. The highest BCUT2D eigenvalue weighted by Gasteiger charge is 2.41. The lowest BCUT2D eigenvalue weighted by Gasteiger charge is -2.33. The van der Waals surface area contributed by atoms with E-state index < -0.39 is 11.4 Å². The van der Waals surface area contributed by atoms with Crippen LogP contribution in [0.5, 0.6) is 0 Å². The van der Waals surface area contributed by atoms with Crippen molar-refractivity contribution in [3.63, 3.8) is 0 Å². The van der Waals surface area contributed by atoms with E-state index in [1.165, 1.54) is 6.07 Å². The van der Waals surface area contributed by atoms with Crippen LogP contribution < -0.4 is 0 Å². The third kappa shape index (κ3) is 1.82. The van der Waals surface area contributed by atoms with Gasteiger partial charge in [0.05, 0.1) is 10.9 Å². The van der Waals surface area contributed by atoms with Crippen LogP contribution in [0.1, 0.15) is 43.2 Å². The molecule has 2 aromatic rings. The number of hydrogen-bond acceptors (Lipinski definition) is 1. The van der Waals surface area contributed by atoms with Crippen LogP contribution in [0.3, 0.4) is 0 Å². The predicted octanol–water partition coefficient (Wildman–Crippen LogP) is 3.90. The molecule has 0 radical (unpaired) electrons. The molecule has 1 saturated carbocycles. The number of carboxylic acids is 1. The minimum absolute atomic E-state index is 0.364. The minimum atomic E-state index is -0.920. The van der Waals surface area contributed by atoms with Crippen molar-refractivity contribution in [2.75, 3.05) is 0 Å².